The third-order valence-corrected chi connectivity index (χ3v) is 7.10. The Morgan fingerprint density at radius 2 is 2.00 bits per heavy atom. The van der Waals surface area contributed by atoms with Crippen LogP contribution in [0.3, 0.4) is 0 Å². The van der Waals surface area contributed by atoms with Crippen LogP contribution in [0, 0.1) is 12.8 Å². The van der Waals surface area contributed by atoms with Crippen LogP contribution >= 0.6 is 11.8 Å². The Kier molecular flexibility index (Phi) is 4.68. The monoisotopic (exact) mass is 342 g/mol. The fourth-order valence-corrected chi connectivity index (χ4v) is 5.78. The van der Waals surface area contributed by atoms with Crippen LogP contribution in [0.25, 0.3) is 0 Å². The minimum atomic E-state index is -0.152. The number of benzene rings is 1. The van der Waals surface area contributed by atoms with Crippen molar-refractivity contribution in [3.05, 3.63) is 54.1 Å². The summed E-state index contributed by atoms with van der Waals surface area (Å²) in [5.41, 5.74) is 1.35. The number of nitrogens with zero attached hydrogens (tertiary/aromatic N) is 2. The van der Waals surface area contributed by atoms with Gasteiger partial charge in [-0.15, -0.1) is 11.8 Å². The predicted octanol–water partition coefficient (Wildman–Crippen LogP) is 4.76. The van der Waals surface area contributed by atoms with Gasteiger partial charge in [0, 0.05) is 24.1 Å². The summed E-state index contributed by atoms with van der Waals surface area (Å²) in [5, 5.41) is 0. The first-order chi connectivity index (χ1) is 11.8. The van der Waals surface area contributed by atoms with Crippen molar-refractivity contribution in [2.24, 2.45) is 5.92 Å². The highest BCUT2D eigenvalue weighted by molar-refractivity contribution is 8.00. The summed E-state index contributed by atoms with van der Waals surface area (Å²) in [6, 6.07) is 10.9. The molecule has 1 saturated heterocycles. The summed E-state index contributed by atoms with van der Waals surface area (Å²) >= 11 is 2.03. The number of hydrogen-bond donors (Lipinski definition) is 0. The average molecular weight is 343 g/mol. The van der Waals surface area contributed by atoms with Crippen LogP contribution in [0.5, 0.6) is 0 Å². The van der Waals surface area contributed by atoms with Gasteiger partial charge in [0.2, 0.25) is 0 Å². The van der Waals surface area contributed by atoms with Crippen LogP contribution in [0.1, 0.15) is 43.5 Å². The molecule has 0 spiro atoms. The standard InChI is InChI=1S/C20H26N2OS/c1-16-21-12-13-22(16)14-19-15-24-20(23-19,17-8-4-2-5-9-17)18-10-6-3-7-11-18/h2,4-5,8-9,12-13,18-19H,3,6-7,10-11,14-15H2,1H3/t19-,20+/m1/s1. The van der Waals surface area contributed by atoms with Crippen molar-refractivity contribution in [3.8, 4) is 0 Å². The van der Waals surface area contributed by atoms with Gasteiger partial charge in [0.1, 0.15) is 10.8 Å². The number of thioether (sulfide) groups is 1. The largest absolute Gasteiger partial charge is 0.354 e. The Balaban J connectivity index is 1.59. The number of rotatable bonds is 4. The molecule has 2 aromatic rings. The third kappa shape index (κ3) is 3.02. The van der Waals surface area contributed by atoms with Gasteiger partial charge < -0.3 is 9.30 Å². The van der Waals surface area contributed by atoms with Crippen molar-refractivity contribution < 1.29 is 4.74 Å². The Bertz CT molecular complexity index is 665. The van der Waals surface area contributed by atoms with Gasteiger partial charge >= 0.3 is 0 Å². The zero-order valence-corrected chi connectivity index (χ0v) is 15.2. The van der Waals surface area contributed by atoms with E-state index in [1.54, 1.807) is 0 Å². The van der Waals surface area contributed by atoms with Crippen LogP contribution in [-0.2, 0) is 16.2 Å². The summed E-state index contributed by atoms with van der Waals surface area (Å²) in [7, 11) is 0. The molecule has 24 heavy (non-hydrogen) atoms. The number of aryl methyl sites for hydroxylation is 1. The third-order valence-electron chi connectivity index (χ3n) is 5.47. The summed E-state index contributed by atoms with van der Waals surface area (Å²) < 4.78 is 9.03. The molecule has 2 heterocycles. The quantitative estimate of drug-likeness (QED) is 0.802. The van der Waals surface area contributed by atoms with Gasteiger partial charge in [0.15, 0.2) is 0 Å². The van der Waals surface area contributed by atoms with Gasteiger partial charge in [-0.05, 0) is 25.3 Å². The lowest BCUT2D eigenvalue weighted by atomic mass is 9.82. The summed E-state index contributed by atoms with van der Waals surface area (Å²) in [4.78, 5) is 4.19. The minimum absolute atomic E-state index is 0.152. The molecule has 4 heteroatoms. The fraction of sp³-hybridized carbons (Fsp3) is 0.550. The molecule has 0 radical (unpaired) electrons. The lowest BCUT2D eigenvalue weighted by molar-refractivity contribution is -0.0612. The molecular formula is C20H26N2OS. The van der Waals surface area contributed by atoms with E-state index >= 15 is 0 Å². The molecule has 1 aromatic carbocycles. The van der Waals surface area contributed by atoms with Crippen LogP contribution < -0.4 is 0 Å². The maximum atomic E-state index is 6.82. The Morgan fingerprint density at radius 1 is 1.21 bits per heavy atom. The predicted molar refractivity (Wildman–Crippen MR) is 99.0 cm³/mol. The van der Waals surface area contributed by atoms with Gasteiger partial charge in [-0.25, -0.2) is 4.98 Å². The van der Waals surface area contributed by atoms with E-state index in [1.807, 2.05) is 18.0 Å². The lowest BCUT2D eigenvalue weighted by Gasteiger charge is -2.39. The smallest absolute Gasteiger partial charge is 0.142 e. The van der Waals surface area contributed by atoms with E-state index in [1.165, 1.54) is 37.7 Å². The summed E-state index contributed by atoms with van der Waals surface area (Å²) in [6.07, 6.45) is 10.8. The van der Waals surface area contributed by atoms with Crippen molar-refractivity contribution in [1.29, 1.82) is 0 Å². The summed E-state index contributed by atoms with van der Waals surface area (Å²) in [6.45, 7) is 2.97. The van der Waals surface area contributed by atoms with Crippen molar-refractivity contribution in [1.82, 2.24) is 9.55 Å². The Morgan fingerprint density at radius 3 is 2.71 bits per heavy atom. The van der Waals surface area contributed by atoms with Gasteiger partial charge in [-0.2, -0.15) is 0 Å². The molecule has 2 aliphatic rings. The maximum Gasteiger partial charge on any atom is 0.142 e. The molecule has 1 aliphatic heterocycles. The molecule has 0 N–H and O–H groups in total. The second kappa shape index (κ2) is 6.93. The topological polar surface area (TPSA) is 27.1 Å². The van der Waals surface area contributed by atoms with Gasteiger partial charge in [0.25, 0.3) is 0 Å². The molecule has 3 nitrogen and oxygen atoms in total. The van der Waals surface area contributed by atoms with E-state index in [-0.39, 0.29) is 11.0 Å². The lowest BCUT2D eigenvalue weighted by Crippen LogP contribution is -2.35. The molecule has 1 aromatic heterocycles. The molecule has 0 unspecified atom stereocenters. The molecule has 2 atom stereocenters. The van der Waals surface area contributed by atoms with Gasteiger partial charge in [0.05, 0.1) is 12.6 Å². The van der Waals surface area contributed by atoms with Crippen molar-refractivity contribution >= 4 is 11.8 Å². The van der Waals surface area contributed by atoms with Crippen LogP contribution in [0.15, 0.2) is 42.7 Å². The van der Waals surface area contributed by atoms with Gasteiger partial charge in [-0.1, -0.05) is 49.6 Å². The zero-order chi connectivity index (χ0) is 16.4. The van der Waals surface area contributed by atoms with Gasteiger partial charge in [-0.3, -0.25) is 0 Å². The molecular weight excluding hydrogens is 316 g/mol. The highest BCUT2D eigenvalue weighted by atomic mass is 32.2. The normalized spacial score (nSPS) is 28.3. The van der Waals surface area contributed by atoms with E-state index < -0.39 is 0 Å². The number of hydrogen-bond acceptors (Lipinski definition) is 3. The molecule has 1 aliphatic carbocycles. The highest BCUT2D eigenvalue weighted by Gasteiger charge is 2.48. The SMILES string of the molecule is Cc1nccn1C[C@@H]1CS[C@@](c2ccccc2)(C2CCCCC2)O1. The Labute approximate surface area is 148 Å². The first-order valence-electron chi connectivity index (χ1n) is 9.13. The molecule has 1 saturated carbocycles. The van der Waals surface area contributed by atoms with Crippen molar-refractivity contribution in [2.75, 3.05) is 5.75 Å². The van der Waals surface area contributed by atoms with Crippen LogP contribution in [-0.4, -0.2) is 21.4 Å². The minimum Gasteiger partial charge on any atom is -0.354 e. The number of imidazole rings is 1. The van der Waals surface area contributed by atoms with Crippen molar-refractivity contribution in [3.63, 3.8) is 0 Å². The molecule has 0 bridgehead atoms. The maximum absolute atomic E-state index is 6.82. The van der Waals surface area contributed by atoms with Crippen LogP contribution in [0.4, 0.5) is 0 Å². The van der Waals surface area contributed by atoms with E-state index in [0.717, 1.165) is 18.1 Å². The second-order valence-electron chi connectivity index (χ2n) is 7.05. The Hall–Kier alpha value is -1.26. The molecule has 4 rings (SSSR count). The molecule has 2 fully saturated rings. The highest BCUT2D eigenvalue weighted by Crippen LogP contribution is 2.54. The van der Waals surface area contributed by atoms with Crippen LogP contribution in [0.2, 0.25) is 0 Å². The van der Waals surface area contributed by atoms with Crippen molar-refractivity contribution in [2.45, 2.75) is 56.6 Å². The average Bonchev–Trinajstić information content (AvgIpc) is 3.25. The van der Waals surface area contributed by atoms with E-state index in [0.29, 0.717) is 5.92 Å². The fourth-order valence-electron chi connectivity index (χ4n) is 4.19. The number of ether oxygens (including phenoxy) is 1. The zero-order valence-electron chi connectivity index (χ0n) is 14.4. The summed E-state index contributed by atoms with van der Waals surface area (Å²) in [5.74, 6) is 2.76. The van der Waals surface area contributed by atoms with E-state index in [4.69, 9.17) is 4.74 Å². The first-order valence-corrected chi connectivity index (χ1v) is 10.1. The molecule has 0 amide bonds. The van der Waals surface area contributed by atoms with E-state index in [2.05, 4.69) is 53.0 Å². The second-order valence-corrected chi connectivity index (χ2v) is 8.27. The molecule has 128 valence electrons. The number of aromatic nitrogens is 2. The van der Waals surface area contributed by atoms with E-state index in [9.17, 15) is 0 Å². The first kappa shape index (κ1) is 16.2.